The number of carbonyl (C=O) groups is 1. The molecular formula is C12H17NO3. The number of allylic oxidation sites excluding steroid dienone is 1. The molecule has 0 saturated heterocycles. The molecular weight excluding hydrogens is 206 g/mol. The summed E-state index contributed by atoms with van der Waals surface area (Å²) in [6.07, 6.45) is 2.52. The van der Waals surface area contributed by atoms with E-state index in [2.05, 4.69) is 6.58 Å². The zero-order valence-corrected chi connectivity index (χ0v) is 9.73. The van der Waals surface area contributed by atoms with Gasteiger partial charge in [-0.3, -0.25) is 0 Å². The van der Waals surface area contributed by atoms with Crippen LogP contribution in [0.4, 0.5) is 0 Å². The lowest BCUT2D eigenvalue weighted by Crippen LogP contribution is -2.13. The zero-order chi connectivity index (χ0) is 12.0. The van der Waals surface area contributed by atoms with Crippen LogP contribution < -0.4 is 0 Å². The smallest absolute Gasteiger partial charge is 0.354 e. The van der Waals surface area contributed by atoms with Gasteiger partial charge in [0.05, 0.1) is 13.7 Å². The molecule has 1 heterocycles. The van der Waals surface area contributed by atoms with Crippen LogP contribution in [-0.4, -0.2) is 31.4 Å². The summed E-state index contributed by atoms with van der Waals surface area (Å²) in [5.41, 5.74) is 1.59. The first-order chi connectivity index (χ1) is 7.74. The van der Waals surface area contributed by atoms with Crippen LogP contribution in [0.1, 0.15) is 16.2 Å². The average molecular weight is 223 g/mol. The van der Waals surface area contributed by atoms with Crippen LogP contribution in [0.3, 0.4) is 0 Å². The van der Waals surface area contributed by atoms with Crippen molar-refractivity contribution in [2.75, 3.05) is 20.8 Å². The molecule has 1 aromatic rings. The highest BCUT2D eigenvalue weighted by Gasteiger charge is 2.14. The number of methoxy groups -OCH3 is 2. The Kier molecular flexibility index (Phi) is 4.79. The monoisotopic (exact) mass is 223 g/mol. The van der Waals surface area contributed by atoms with Gasteiger partial charge < -0.3 is 14.0 Å². The van der Waals surface area contributed by atoms with E-state index >= 15 is 0 Å². The Labute approximate surface area is 95.5 Å². The molecule has 0 radical (unpaired) electrons. The minimum Gasteiger partial charge on any atom is -0.464 e. The van der Waals surface area contributed by atoms with Gasteiger partial charge in [0.2, 0.25) is 0 Å². The second-order valence-electron chi connectivity index (χ2n) is 3.34. The molecule has 16 heavy (non-hydrogen) atoms. The predicted molar refractivity (Wildman–Crippen MR) is 61.5 cm³/mol. The third-order valence-corrected chi connectivity index (χ3v) is 2.34. The van der Waals surface area contributed by atoms with Gasteiger partial charge in [0.15, 0.2) is 0 Å². The molecule has 0 aromatic carbocycles. The molecule has 0 saturated carbocycles. The van der Waals surface area contributed by atoms with Gasteiger partial charge in [-0.1, -0.05) is 6.08 Å². The molecule has 4 nitrogen and oxygen atoms in total. The molecule has 0 amide bonds. The largest absolute Gasteiger partial charge is 0.464 e. The second kappa shape index (κ2) is 6.12. The van der Waals surface area contributed by atoms with Crippen molar-refractivity contribution in [2.24, 2.45) is 0 Å². The van der Waals surface area contributed by atoms with Crippen molar-refractivity contribution in [3.8, 4) is 0 Å². The first-order valence-electron chi connectivity index (χ1n) is 5.11. The lowest BCUT2D eigenvalue weighted by atomic mass is 10.3. The first-order valence-corrected chi connectivity index (χ1v) is 5.11. The Hall–Kier alpha value is -1.55. The number of carbonyl (C=O) groups excluding carboxylic acids is 1. The van der Waals surface area contributed by atoms with Crippen LogP contribution in [0.5, 0.6) is 0 Å². The zero-order valence-electron chi connectivity index (χ0n) is 9.73. The van der Waals surface area contributed by atoms with E-state index in [1.54, 1.807) is 19.3 Å². The summed E-state index contributed by atoms with van der Waals surface area (Å²) in [5.74, 6) is -0.328. The number of nitrogens with zero attached hydrogens (tertiary/aromatic N) is 1. The van der Waals surface area contributed by atoms with Crippen LogP contribution in [0.25, 0.3) is 0 Å². The Balaban J connectivity index is 2.96. The standard InChI is InChI=1S/C12H17NO3/c1-4-8-13-10(7-9-15-2)5-6-11(13)12(14)16-3/h4-6H,1,7-9H2,2-3H3. The van der Waals surface area contributed by atoms with E-state index in [9.17, 15) is 4.79 Å². The summed E-state index contributed by atoms with van der Waals surface area (Å²) in [7, 11) is 3.03. The topological polar surface area (TPSA) is 40.5 Å². The number of aromatic nitrogens is 1. The fraction of sp³-hybridized carbons (Fsp3) is 0.417. The number of rotatable bonds is 6. The highest BCUT2D eigenvalue weighted by molar-refractivity contribution is 5.87. The van der Waals surface area contributed by atoms with Crippen LogP contribution in [0, 0.1) is 0 Å². The minimum absolute atomic E-state index is 0.328. The fourth-order valence-corrected chi connectivity index (χ4v) is 1.56. The van der Waals surface area contributed by atoms with E-state index in [4.69, 9.17) is 9.47 Å². The molecule has 0 atom stereocenters. The van der Waals surface area contributed by atoms with Gasteiger partial charge in [-0.15, -0.1) is 6.58 Å². The minimum atomic E-state index is -0.328. The first kappa shape index (κ1) is 12.5. The Morgan fingerprint density at radius 1 is 1.50 bits per heavy atom. The molecule has 0 fully saturated rings. The molecule has 4 heteroatoms. The maximum Gasteiger partial charge on any atom is 0.354 e. The summed E-state index contributed by atoms with van der Waals surface area (Å²) in [5, 5.41) is 0. The summed E-state index contributed by atoms with van der Waals surface area (Å²) in [4.78, 5) is 11.5. The maximum atomic E-state index is 11.5. The van der Waals surface area contributed by atoms with E-state index in [0.717, 1.165) is 12.1 Å². The summed E-state index contributed by atoms with van der Waals surface area (Å²) in [6, 6.07) is 3.68. The van der Waals surface area contributed by atoms with E-state index in [1.165, 1.54) is 7.11 Å². The number of hydrogen-bond acceptors (Lipinski definition) is 3. The third kappa shape index (κ3) is 2.73. The van der Waals surface area contributed by atoms with Crippen molar-refractivity contribution in [2.45, 2.75) is 13.0 Å². The average Bonchev–Trinajstić information content (AvgIpc) is 2.69. The van der Waals surface area contributed by atoms with Crippen molar-refractivity contribution >= 4 is 5.97 Å². The van der Waals surface area contributed by atoms with Gasteiger partial charge in [0, 0.05) is 25.8 Å². The number of esters is 1. The van der Waals surface area contributed by atoms with Crippen molar-refractivity contribution in [1.82, 2.24) is 4.57 Å². The number of hydrogen-bond donors (Lipinski definition) is 0. The molecule has 0 aliphatic rings. The third-order valence-electron chi connectivity index (χ3n) is 2.34. The maximum absolute atomic E-state index is 11.5. The lowest BCUT2D eigenvalue weighted by Gasteiger charge is -2.09. The molecule has 1 aromatic heterocycles. The van der Waals surface area contributed by atoms with Crippen LogP contribution in [0.2, 0.25) is 0 Å². The second-order valence-corrected chi connectivity index (χ2v) is 3.34. The van der Waals surface area contributed by atoms with Crippen LogP contribution >= 0.6 is 0 Å². The molecule has 0 aliphatic heterocycles. The molecule has 0 N–H and O–H groups in total. The normalized spacial score (nSPS) is 10.1. The van der Waals surface area contributed by atoms with E-state index in [1.807, 2.05) is 10.6 Å². The van der Waals surface area contributed by atoms with Crippen molar-refractivity contribution < 1.29 is 14.3 Å². The summed E-state index contributed by atoms with van der Waals surface area (Å²) in [6.45, 7) is 4.90. The van der Waals surface area contributed by atoms with Crippen LogP contribution in [0.15, 0.2) is 24.8 Å². The predicted octanol–water partition coefficient (Wildman–Crippen LogP) is 1.65. The highest BCUT2D eigenvalue weighted by Crippen LogP contribution is 2.11. The SMILES string of the molecule is C=CCn1c(CCOC)ccc1C(=O)OC. The van der Waals surface area contributed by atoms with E-state index in [0.29, 0.717) is 18.8 Å². The molecule has 0 aliphatic carbocycles. The van der Waals surface area contributed by atoms with Crippen molar-refractivity contribution in [1.29, 1.82) is 0 Å². The van der Waals surface area contributed by atoms with Gasteiger partial charge in [0.1, 0.15) is 5.69 Å². The molecule has 1 rings (SSSR count). The Bertz CT molecular complexity index is 368. The van der Waals surface area contributed by atoms with E-state index < -0.39 is 0 Å². The molecule has 88 valence electrons. The molecule has 0 bridgehead atoms. The Morgan fingerprint density at radius 2 is 2.25 bits per heavy atom. The van der Waals surface area contributed by atoms with E-state index in [-0.39, 0.29) is 5.97 Å². The quantitative estimate of drug-likeness (QED) is 0.544. The summed E-state index contributed by atoms with van der Waals surface area (Å²) < 4.78 is 11.6. The van der Waals surface area contributed by atoms with Gasteiger partial charge in [-0.25, -0.2) is 4.79 Å². The van der Waals surface area contributed by atoms with Crippen molar-refractivity contribution in [3.05, 3.63) is 36.2 Å². The lowest BCUT2D eigenvalue weighted by molar-refractivity contribution is 0.0588. The summed E-state index contributed by atoms with van der Waals surface area (Å²) >= 11 is 0. The van der Waals surface area contributed by atoms with Crippen molar-refractivity contribution in [3.63, 3.8) is 0 Å². The van der Waals surface area contributed by atoms with Gasteiger partial charge in [-0.05, 0) is 12.1 Å². The number of ether oxygens (including phenoxy) is 2. The highest BCUT2D eigenvalue weighted by atomic mass is 16.5. The van der Waals surface area contributed by atoms with Gasteiger partial charge >= 0.3 is 5.97 Å². The van der Waals surface area contributed by atoms with Crippen LogP contribution in [-0.2, 0) is 22.4 Å². The Morgan fingerprint density at radius 3 is 2.81 bits per heavy atom. The fourth-order valence-electron chi connectivity index (χ4n) is 1.56. The van der Waals surface area contributed by atoms with Gasteiger partial charge in [0.25, 0.3) is 0 Å². The molecule has 0 unspecified atom stereocenters. The molecule has 0 spiro atoms. The van der Waals surface area contributed by atoms with Gasteiger partial charge in [-0.2, -0.15) is 0 Å².